The lowest BCUT2D eigenvalue weighted by Gasteiger charge is -2.26. The van der Waals surface area contributed by atoms with E-state index >= 15 is 0 Å². The number of pyridine rings is 1. The maximum absolute atomic E-state index is 12.4. The molecule has 1 aromatic carbocycles. The maximum Gasteiger partial charge on any atom is 0.216 e. The second-order valence-electron chi connectivity index (χ2n) is 5.98. The van der Waals surface area contributed by atoms with Crippen LogP contribution >= 0.6 is 12.4 Å². The van der Waals surface area contributed by atoms with E-state index in [0.717, 1.165) is 42.1 Å². The highest BCUT2D eigenvalue weighted by molar-refractivity contribution is 7.88. The average Bonchev–Trinajstić information content (AvgIpc) is 2.49. The van der Waals surface area contributed by atoms with E-state index in [9.17, 15) is 8.42 Å². The van der Waals surface area contributed by atoms with Crippen molar-refractivity contribution in [1.29, 1.82) is 0 Å². The molecule has 0 spiro atoms. The summed E-state index contributed by atoms with van der Waals surface area (Å²) in [5.74, 6) is -0.0378. The minimum atomic E-state index is -3.37. The monoisotopic (exact) mass is 355 g/mol. The van der Waals surface area contributed by atoms with Gasteiger partial charge in [-0.15, -0.1) is 12.4 Å². The van der Waals surface area contributed by atoms with Gasteiger partial charge in [0.2, 0.25) is 10.0 Å². The van der Waals surface area contributed by atoms with Crippen LogP contribution < -0.4 is 10.5 Å². The smallest absolute Gasteiger partial charge is 0.216 e. The van der Waals surface area contributed by atoms with Gasteiger partial charge in [-0.1, -0.05) is 24.3 Å². The molecule has 1 aliphatic carbocycles. The highest BCUT2D eigenvalue weighted by atomic mass is 35.5. The van der Waals surface area contributed by atoms with Gasteiger partial charge in [-0.3, -0.25) is 4.98 Å². The van der Waals surface area contributed by atoms with Crippen LogP contribution in [0.1, 0.15) is 31.2 Å². The number of hydrogen-bond donors (Lipinski definition) is 2. The van der Waals surface area contributed by atoms with Crippen LogP contribution in [0.25, 0.3) is 10.9 Å². The van der Waals surface area contributed by atoms with Crippen LogP contribution in [-0.4, -0.2) is 25.5 Å². The molecular formula is C16H22ClN3O2S. The number of rotatable bonds is 4. The quantitative estimate of drug-likeness (QED) is 0.881. The van der Waals surface area contributed by atoms with Crippen molar-refractivity contribution in [3.63, 3.8) is 0 Å². The largest absolute Gasteiger partial charge is 0.328 e. The fourth-order valence-corrected chi connectivity index (χ4v) is 4.49. The van der Waals surface area contributed by atoms with Gasteiger partial charge in [0.05, 0.1) is 11.3 Å². The van der Waals surface area contributed by atoms with Crippen LogP contribution in [0.3, 0.4) is 0 Å². The first-order chi connectivity index (χ1) is 10.5. The Morgan fingerprint density at radius 1 is 1.13 bits per heavy atom. The summed E-state index contributed by atoms with van der Waals surface area (Å²) >= 11 is 0. The summed E-state index contributed by atoms with van der Waals surface area (Å²) in [4.78, 5) is 4.31. The highest BCUT2D eigenvalue weighted by Crippen LogP contribution is 2.21. The zero-order chi connectivity index (χ0) is 15.6. The number of fused-ring (bicyclic) bond motifs is 1. The van der Waals surface area contributed by atoms with Gasteiger partial charge in [-0.25, -0.2) is 13.1 Å². The van der Waals surface area contributed by atoms with E-state index in [2.05, 4.69) is 9.71 Å². The van der Waals surface area contributed by atoms with E-state index in [1.165, 1.54) is 0 Å². The third-order valence-corrected chi connectivity index (χ3v) is 5.56. The lowest BCUT2D eigenvalue weighted by atomic mass is 9.93. The van der Waals surface area contributed by atoms with Crippen LogP contribution in [0.2, 0.25) is 0 Å². The standard InChI is InChI=1S/C16H21N3O2S.ClH/c17-14-6-8-15(9-7-14)19-22(20,21)11-13-4-1-3-12-5-2-10-18-16(12)13;/h1-5,10,14-15,19H,6-9,11,17H2;1H. The SMILES string of the molecule is Cl.NC1CCC(NS(=O)(=O)Cc2cccc3cccnc23)CC1. The molecule has 5 nitrogen and oxygen atoms in total. The summed E-state index contributed by atoms with van der Waals surface area (Å²) in [7, 11) is -3.37. The van der Waals surface area contributed by atoms with Crippen molar-refractivity contribution in [2.24, 2.45) is 5.73 Å². The first-order valence-corrected chi connectivity index (χ1v) is 9.27. The number of hydrogen-bond acceptors (Lipinski definition) is 4. The fraction of sp³-hybridized carbons (Fsp3) is 0.438. The predicted molar refractivity (Wildman–Crippen MR) is 95.0 cm³/mol. The summed E-state index contributed by atoms with van der Waals surface area (Å²) in [6.07, 6.45) is 5.07. The Morgan fingerprint density at radius 3 is 2.57 bits per heavy atom. The average molecular weight is 356 g/mol. The number of nitrogens with two attached hydrogens (primary N) is 1. The molecule has 1 aliphatic rings. The third-order valence-electron chi connectivity index (χ3n) is 4.18. The van der Waals surface area contributed by atoms with Crippen LogP contribution in [0.5, 0.6) is 0 Å². The molecular weight excluding hydrogens is 334 g/mol. The second-order valence-corrected chi connectivity index (χ2v) is 7.73. The second kappa shape index (κ2) is 7.57. The highest BCUT2D eigenvalue weighted by Gasteiger charge is 2.23. The van der Waals surface area contributed by atoms with Crippen molar-refractivity contribution in [2.45, 2.75) is 43.5 Å². The van der Waals surface area contributed by atoms with Gasteiger partial charge in [0.25, 0.3) is 0 Å². The Labute approximate surface area is 143 Å². The van der Waals surface area contributed by atoms with E-state index in [1.807, 2.05) is 30.3 Å². The Bertz CT molecular complexity index is 754. The summed E-state index contributed by atoms with van der Waals surface area (Å²) < 4.78 is 27.7. The van der Waals surface area contributed by atoms with E-state index < -0.39 is 10.0 Å². The van der Waals surface area contributed by atoms with Crippen molar-refractivity contribution in [2.75, 3.05) is 0 Å². The molecule has 1 aromatic heterocycles. The normalized spacial score (nSPS) is 21.8. The predicted octanol–water partition coefficient (Wildman–Crippen LogP) is 2.35. The van der Waals surface area contributed by atoms with Gasteiger partial charge in [0, 0.05) is 23.7 Å². The molecule has 7 heteroatoms. The number of nitrogens with zero attached hydrogens (tertiary/aromatic N) is 1. The van der Waals surface area contributed by atoms with Gasteiger partial charge in [0.1, 0.15) is 0 Å². The number of para-hydroxylation sites is 1. The van der Waals surface area contributed by atoms with E-state index in [0.29, 0.717) is 0 Å². The van der Waals surface area contributed by atoms with E-state index in [4.69, 9.17) is 5.73 Å². The van der Waals surface area contributed by atoms with Crippen molar-refractivity contribution in [3.8, 4) is 0 Å². The first-order valence-electron chi connectivity index (χ1n) is 7.62. The van der Waals surface area contributed by atoms with Crippen molar-refractivity contribution < 1.29 is 8.42 Å². The van der Waals surface area contributed by atoms with E-state index in [1.54, 1.807) is 6.20 Å². The number of sulfonamides is 1. The molecule has 0 amide bonds. The summed E-state index contributed by atoms with van der Waals surface area (Å²) in [5.41, 5.74) is 7.35. The minimum Gasteiger partial charge on any atom is -0.328 e. The molecule has 23 heavy (non-hydrogen) atoms. The molecule has 1 saturated carbocycles. The summed E-state index contributed by atoms with van der Waals surface area (Å²) in [6.45, 7) is 0. The van der Waals surface area contributed by atoms with Crippen LogP contribution in [0, 0.1) is 0 Å². The van der Waals surface area contributed by atoms with Crippen LogP contribution in [0.15, 0.2) is 36.5 Å². The molecule has 0 unspecified atom stereocenters. The molecule has 0 atom stereocenters. The topological polar surface area (TPSA) is 85.1 Å². The molecule has 0 aliphatic heterocycles. The molecule has 1 fully saturated rings. The Morgan fingerprint density at radius 2 is 1.83 bits per heavy atom. The first kappa shape index (κ1) is 18.1. The molecule has 3 rings (SSSR count). The fourth-order valence-electron chi connectivity index (χ4n) is 3.02. The Balaban J connectivity index is 0.00000192. The lowest BCUT2D eigenvalue weighted by molar-refractivity contribution is 0.373. The zero-order valence-corrected chi connectivity index (χ0v) is 14.4. The number of nitrogens with one attached hydrogen (secondary N) is 1. The Hall–Kier alpha value is -1.21. The summed E-state index contributed by atoms with van der Waals surface area (Å²) in [6, 6.07) is 9.64. The van der Waals surface area contributed by atoms with E-state index in [-0.39, 0.29) is 30.2 Å². The lowest BCUT2D eigenvalue weighted by Crippen LogP contribution is -2.40. The van der Waals surface area contributed by atoms with Crippen molar-refractivity contribution in [3.05, 3.63) is 42.1 Å². The molecule has 2 aromatic rings. The number of aromatic nitrogens is 1. The minimum absolute atomic E-state index is 0. The molecule has 0 saturated heterocycles. The number of benzene rings is 1. The molecule has 1 heterocycles. The van der Waals surface area contributed by atoms with Gasteiger partial charge < -0.3 is 5.73 Å². The van der Waals surface area contributed by atoms with Crippen LogP contribution in [-0.2, 0) is 15.8 Å². The Kier molecular flexibility index (Phi) is 5.97. The summed E-state index contributed by atoms with van der Waals surface area (Å²) in [5, 5.41) is 0.957. The van der Waals surface area contributed by atoms with Gasteiger partial charge in [-0.2, -0.15) is 0 Å². The molecule has 126 valence electrons. The van der Waals surface area contributed by atoms with Gasteiger partial charge in [-0.05, 0) is 37.3 Å². The zero-order valence-electron chi connectivity index (χ0n) is 12.8. The third kappa shape index (κ3) is 4.64. The van der Waals surface area contributed by atoms with Crippen LogP contribution in [0.4, 0.5) is 0 Å². The number of halogens is 1. The van der Waals surface area contributed by atoms with Gasteiger partial charge >= 0.3 is 0 Å². The molecule has 0 radical (unpaired) electrons. The van der Waals surface area contributed by atoms with Crippen molar-refractivity contribution >= 4 is 33.3 Å². The van der Waals surface area contributed by atoms with Crippen molar-refractivity contribution in [1.82, 2.24) is 9.71 Å². The maximum atomic E-state index is 12.4. The van der Waals surface area contributed by atoms with Gasteiger partial charge in [0.15, 0.2) is 0 Å². The molecule has 0 bridgehead atoms. The molecule has 3 N–H and O–H groups in total.